The highest BCUT2D eigenvalue weighted by molar-refractivity contribution is 5.80. The summed E-state index contributed by atoms with van der Waals surface area (Å²) in [4.78, 5) is 4.72. The number of benzene rings is 1. The summed E-state index contributed by atoms with van der Waals surface area (Å²) in [6.45, 7) is 5.43. The highest BCUT2D eigenvalue weighted by Crippen LogP contribution is 2.25. The SMILES string of the molecule is CNCCc1nc2cccc(C(C)C)c2n1C. The van der Waals surface area contributed by atoms with Crippen LogP contribution in [0.2, 0.25) is 0 Å². The van der Waals surface area contributed by atoms with Gasteiger partial charge in [-0.25, -0.2) is 4.98 Å². The van der Waals surface area contributed by atoms with Crippen LogP contribution in [0.1, 0.15) is 31.2 Å². The number of likely N-dealkylation sites (N-methyl/N-ethyl adjacent to an activating group) is 1. The van der Waals surface area contributed by atoms with Crippen molar-refractivity contribution in [3.05, 3.63) is 29.6 Å². The molecule has 1 aromatic carbocycles. The first kappa shape index (κ1) is 12.1. The predicted molar refractivity (Wildman–Crippen MR) is 72.4 cm³/mol. The Morgan fingerprint density at radius 2 is 2.12 bits per heavy atom. The molecule has 3 heteroatoms. The topological polar surface area (TPSA) is 29.9 Å². The second-order valence-electron chi connectivity index (χ2n) is 4.81. The molecule has 92 valence electrons. The zero-order chi connectivity index (χ0) is 12.4. The van der Waals surface area contributed by atoms with E-state index in [0.29, 0.717) is 5.92 Å². The number of aryl methyl sites for hydroxylation is 1. The van der Waals surface area contributed by atoms with Crippen LogP contribution in [0, 0.1) is 0 Å². The van der Waals surface area contributed by atoms with Gasteiger partial charge in [-0.2, -0.15) is 0 Å². The first-order chi connectivity index (χ1) is 8.15. The molecule has 1 aromatic heterocycles. The molecule has 0 saturated heterocycles. The number of rotatable bonds is 4. The first-order valence-electron chi connectivity index (χ1n) is 6.24. The smallest absolute Gasteiger partial charge is 0.110 e. The van der Waals surface area contributed by atoms with Crippen LogP contribution in [-0.2, 0) is 13.5 Å². The van der Waals surface area contributed by atoms with E-state index in [1.807, 2.05) is 7.05 Å². The Balaban J connectivity index is 2.53. The molecule has 0 aliphatic rings. The molecule has 0 unspecified atom stereocenters. The van der Waals surface area contributed by atoms with Crippen molar-refractivity contribution >= 4 is 11.0 Å². The van der Waals surface area contributed by atoms with Crippen molar-refractivity contribution in [1.82, 2.24) is 14.9 Å². The first-order valence-corrected chi connectivity index (χ1v) is 6.24. The van der Waals surface area contributed by atoms with Gasteiger partial charge in [-0.05, 0) is 24.6 Å². The van der Waals surface area contributed by atoms with Crippen molar-refractivity contribution in [2.45, 2.75) is 26.2 Å². The van der Waals surface area contributed by atoms with E-state index in [0.717, 1.165) is 24.3 Å². The van der Waals surface area contributed by atoms with Crippen molar-refractivity contribution in [3.8, 4) is 0 Å². The van der Waals surface area contributed by atoms with Gasteiger partial charge >= 0.3 is 0 Å². The Kier molecular flexibility index (Phi) is 3.48. The maximum atomic E-state index is 4.72. The lowest BCUT2D eigenvalue weighted by Crippen LogP contribution is -2.13. The molecule has 2 aromatic rings. The minimum absolute atomic E-state index is 0.534. The molecule has 0 aliphatic carbocycles. The molecule has 0 spiro atoms. The molecule has 0 fully saturated rings. The summed E-state index contributed by atoms with van der Waals surface area (Å²) in [7, 11) is 4.09. The Hall–Kier alpha value is -1.35. The quantitative estimate of drug-likeness (QED) is 0.876. The molecule has 0 bridgehead atoms. The van der Waals surface area contributed by atoms with Gasteiger partial charge in [0.2, 0.25) is 0 Å². The number of imidazole rings is 1. The third-order valence-electron chi connectivity index (χ3n) is 3.24. The normalized spacial score (nSPS) is 11.6. The highest BCUT2D eigenvalue weighted by atomic mass is 15.1. The number of aromatic nitrogens is 2. The summed E-state index contributed by atoms with van der Waals surface area (Å²) in [6, 6.07) is 6.41. The van der Waals surface area contributed by atoms with E-state index in [1.165, 1.54) is 11.1 Å². The van der Waals surface area contributed by atoms with Crippen LogP contribution in [0.4, 0.5) is 0 Å². The molecule has 2 rings (SSSR count). The Bertz CT molecular complexity index is 511. The summed E-state index contributed by atoms with van der Waals surface area (Å²) in [6.07, 6.45) is 0.971. The van der Waals surface area contributed by atoms with E-state index in [9.17, 15) is 0 Å². The Morgan fingerprint density at radius 1 is 1.35 bits per heavy atom. The summed E-state index contributed by atoms with van der Waals surface area (Å²) in [5, 5.41) is 3.17. The highest BCUT2D eigenvalue weighted by Gasteiger charge is 2.12. The fourth-order valence-corrected chi connectivity index (χ4v) is 2.27. The number of nitrogens with zero attached hydrogens (tertiary/aromatic N) is 2. The third-order valence-corrected chi connectivity index (χ3v) is 3.24. The van der Waals surface area contributed by atoms with Gasteiger partial charge in [0.25, 0.3) is 0 Å². The van der Waals surface area contributed by atoms with Gasteiger partial charge in [-0.3, -0.25) is 0 Å². The van der Waals surface area contributed by atoms with Gasteiger partial charge in [0.15, 0.2) is 0 Å². The van der Waals surface area contributed by atoms with Crippen molar-refractivity contribution in [3.63, 3.8) is 0 Å². The molecular formula is C14H21N3. The van der Waals surface area contributed by atoms with Crippen molar-refractivity contribution in [1.29, 1.82) is 0 Å². The van der Waals surface area contributed by atoms with E-state index >= 15 is 0 Å². The minimum atomic E-state index is 0.534. The van der Waals surface area contributed by atoms with E-state index in [-0.39, 0.29) is 0 Å². The number of fused-ring (bicyclic) bond motifs is 1. The third kappa shape index (κ3) is 2.20. The van der Waals surface area contributed by atoms with Crippen LogP contribution in [-0.4, -0.2) is 23.1 Å². The van der Waals surface area contributed by atoms with Crippen molar-refractivity contribution in [2.24, 2.45) is 7.05 Å². The lowest BCUT2D eigenvalue weighted by atomic mass is 10.0. The summed E-state index contributed by atoms with van der Waals surface area (Å²) >= 11 is 0. The number of nitrogens with one attached hydrogen (secondary N) is 1. The molecule has 0 amide bonds. The second kappa shape index (κ2) is 4.88. The number of hydrogen-bond acceptors (Lipinski definition) is 2. The van der Waals surface area contributed by atoms with E-state index in [1.54, 1.807) is 0 Å². The maximum absolute atomic E-state index is 4.72. The zero-order valence-corrected chi connectivity index (χ0v) is 11.1. The molecule has 0 aliphatic heterocycles. The van der Waals surface area contributed by atoms with E-state index in [2.05, 4.69) is 49.0 Å². The lowest BCUT2D eigenvalue weighted by molar-refractivity contribution is 0.723. The summed E-state index contributed by atoms with van der Waals surface area (Å²) in [5.41, 5.74) is 3.78. The lowest BCUT2D eigenvalue weighted by Gasteiger charge is -2.09. The molecule has 0 atom stereocenters. The average Bonchev–Trinajstić information content (AvgIpc) is 2.63. The van der Waals surface area contributed by atoms with Crippen LogP contribution in [0.25, 0.3) is 11.0 Å². The second-order valence-corrected chi connectivity index (χ2v) is 4.81. The van der Waals surface area contributed by atoms with Crippen LogP contribution >= 0.6 is 0 Å². The Labute approximate surface area is 103 Å². The van der Waals surface area contributed by atoms with Gasteiger partial charge in [-0.15, -0.1) is 0 Å². The largest absolute Gasteiger partial charge is 0.331 e. The molecular weight excluding hydrogens is 210 g/mol. The van der Waals surface area contributed by atoms with Gasteiger partial charge in [0.05, 0.1) is 11.0 Å². The van der Waals surface area contributed by atoms with E-state index < -0.39 is 0 Å². The molecule has 17 heavy (non-hydrogen) atoms. The van der Waals surface area contributed by atoms with Gasteiger partial charge in [-0.1, -0.05) is 26.0 Å². The van der Waals surface area contributed by atoms with Crippen molar-refractivity contribution < 1.29 is 0 Å². The van der Waals surface area contributed by atoms with Crippen LogP contribution in [0.3, 0.4) is 0 Å². The Morgan fingerprint density at radius 3 is 2.76 bits per heavy atom. The standard InChI is InChI=1S/C14H21N3/c1-10(2)11-6-5-7-12-14(11)17(4)13(16-12)8-9-15-3/h5-7,10,15H,8-9H2,1-4H3. The van der Waals surface area contributed by atoms with Gasteiger partial charge in [0, 0.05) is 20.0 Å². The molecule has 0 radical (unpaired) electrons. The van der Waals surface area contributed by atoms with Gasteiger partial charge < -0.3 is 9.88 Å². The van der Waals surface area contributed by atoms with E-state index in [4.69, 9.17) is 4.98 Å². The summed E-state index contributed by atoms with van der Waals surface area (Å²) in [5.74, 6) is 1.69. The van der Waals surface area contributed by atoms with Crippen molar-refractivity contribution in [2.75, 3.05) is 13.6 Å². The zero-order valence-electron chi connectivity index (χ0n) is 11.1. The van der Waals surface area contributed by atoms with Crippen LogP contribution in [0.15, 0.2) is 18.2 Å². The number of hydrogen-bond donors (Lipinski definition) is 1. The molecule has 1 heterocycles. The molecule has 1 N–H and O–H groups in total. The number of para-hydroxylation sites is 1. The monoisotopic (exact) mass is 231 g/mol. The predicted octanol–water partition coefficient (Wildman–Crippen LogP) is 2.46. The average molecular weight is 231 g/mol. The van der Waals surface area contributed by atoms with Crippen LogP contribution in [0.5, 0.6) is 0 Å². The minimum Gasteiger partial charge on any atom is -0.331 e. The van der Waals surface area contributed by atoms with Crippen LogP contribution < -0.4 is 5.32 Å². The fourth-order valence-electron chi connectivity index (χ4n) is 2.27. The van der Waals surface area contributed by atoms with Gasteiger partial charge in [0.1, 0.15) is 5.82 Å². The fraction of sp³-hybridized carbons (Fsp3) is 0.500. The summed E-state index contributed by atoms with van der Waals surface area (Å²) < 4.78 is 2.24. The molecule has 3 nitrogen and oxygen atoms in total. The maximum Gasteiger partial charge on any atom is 0.110 e. The molecule has 0 saturated carbocycles.